The molecule has 0 amide bonds. The van der Waals surface area contributed by atoms with Crippen LogP contribution >= 0.6 is 46.0 Å². The highest BCUT2D eigenvalue weighted by Gasteiger charge is 2.22. The quantitative estimate of drug-likeness (QED) is 0.0177. The van der Waals surface area contributed by atoms with Gasteiger partial charge >= 0.3 is 17.9 Å². The Morgan fingerprint density at radius 2 is 0.862 bits per heavy atom. The van der Waals surface area contributed by atoms with E-state index in [0.29, 0.717) is 17.3 Å². The molecule has 0 aliphatic heterocycles. The van der Waals surface area contributed by atoms with Crippen LogP contribution in [-0.2, 0) is 68.7 Å². The van der Waals surface area contributed by atoms with Crippen LogP contribution in [-0.4, -0.2) is 79.2 Å². The van der Waals surface area contributed by atoms with Crippen molar-refractivity contribution in [1.29, 1.82) is 0 Å². The third-order valence-electron chi connectivity index (χ3n) is 8.18. The second-order valence-electron chi connectivity index (χ2n) is 13.6. The lowest BCUT2D eigenvalue weighted by Gasteiger charge is -2.11. The lowest BCUT2D eigenvalue weighted by atomic mass is 10.2. The summed E-state index contributed by atoms with van der Waals surface area (Å²) in [7, 11) is -5.58. The molecule has 15 nitrogen and oxygen atoms in total. The normalized spacial score (nSPS) is 12.2. The Hall–Kier alpha value is -4.45. The summed E-state index contributed by atoms with van der Waals surface area (Å²) in [4.78, 5) is 37.3. The van der Waals surface area contributed by atoms with E-state index in [1.807, 2.05) is 105 Å². The van der Waals surface area contributed by atoms with E-state index in [1.165, 1.54) is 45.9 Å². The number of ether oxygens (including phenoxy) is 3. The van der Waals surface area contributed by atoms with Crippen LogP contribution in [0, 0.1) is 13.8 Å². The van der Waals surface area contributed by atoms with Crippen molar-refractivity contribution < 1.29 is 66.0 Å². The Bertz CT molecular complexity index is 2230. The second-order valence-corrected chi connectivity index (χ2v) is 19.5. The predicted octanol–water partition coefficient (Wildman–Crippen LogP) is 4.65. The number of esters is 3. The van der Waals surface area contributed by atoms with Gasteiger partial charge in [-0.05, 0) is 66.6 Å². The fourth-order valence-electron chi connectivity index (χ4n) is 4.48. The van der Waals surface area contributed by atoms with Gasteiger partial charge in [0, 0.05) is 5.75 Å². The minimum Gasteiger partial charge on any atom is -0.744 e. The molecule has 0 radical (unpaired) electrons. The van der Waals surface area contributed by atoms with Gasteiger partial charge in [-0.25, -0.2) is 31.3 Å². The third kappa shape index (κ3) is 24.6. The van der Waals surface area contributed by atoms with Gasteiger partial charge in [0.15, 0.2) is 12.1 Å². The van der Waals surface area contributed by atoms with Crippen LogP contribution in [0.25, 0.3) is 0 Å². The van der Waals surface area contributed by atoms with Crippen LogP contribution in [0.3, 0.4) is 0 Å². The molecule has 5 rings (SSSR count). The first kappa shape index (κ1) is 56.7. The van der Waals surface area contributed by atoms with Gasteiger partial charge in [-0.2, -0.15) is 12.6 Å². The first-order valence-electron chi connectivity index (χ1n) is 19.4. The Kier molecular flexibility index (Phi) is 26.8. The van der Waals surface area contributed by atoms with Crippen molar-refractivity contribution in [3.63, 3.8) is 0 Å². The Morgan fingerprint density at radius 1 is 0.569 bits per heavy atom. The van der Waals surface area contributed by atoms with E-state index in [4.69, 9.17) is 26.0 Å². The molecule has 0 aliphatic rings. The summed E-state index contributed by atoms with van der Waals surface area (Å²) < 4.78 is 77.9. The van der Waals surface area contributed by atoms with E-state index in [2.05, 4.69) is 28.9 Å². The van der Waals surface area contributed by atoms with Crippen molar-refractivity contribution in [3.05, 3.63) is 167 Å². The molecule has 0 saturated carbocycles. The maximum Gasteiger partial charge on any atom is 0.366 e. The number of hydrogen-bond donors (Lipinski definition) is 4. The second kappa shape index (κ2) is 30.7. The highest BCUT2D eigenvalue weighted by Crippen LogP contribution is 2.22. The van der Waals surface area contributed by atoms with Gasteiger partial charge in [0.05, 0.1) is 21.3 Å². The van der Waals surface area contributed by atoms with Crippen molar-refractivity contribution in [3.8, 4) is 0 Å². The number of benzene rings is 5. The number of quaternary nitrogens is 2. The van der Waals surface area contributed by atoms with E-state index in [1.54, 1.807) is 24.3 Å². The number of aryl methyl sites for hydroxylation is 2. The molecule has 65 heavy (non-hydrogen) atoms. The van der Waals surface area contributed by atoms with Crippen molar-refractivity contribution in [2.75, 3.05) is 17.3 Å². The molecule has 3 atom stereocenters. The molecule has 5 aromatic carbocycles. The molecule has 0 spiro atoms. The van der Waals surface area contributed by atoms with Crippen LogP contribution in [0.1, 0.15) is 27.8 Å². The summed E-state index contributed by atoms with van der Waals surface area (Å²) in [5.41, 5.74) is 12.4. The predicted molar refractivity (Wildman–Crippen MR) is 252 cm³/mol. The smallest absolute Gasteiger partial charge is 0.366 e. The lowest BCUT2D eigenvalue weighted by Crippen LogP contribution is -2.67. The lowest BCUT2D eigenvalue weighted by molar-refractivity contribution is -0.401. The molecule has 0 aromatic heterocycles. The van der Waals surface area contributed by atoms with E-state index >= 15 is 0 Å². The minimum atomic E-state index is -4.27. The zero-order chi connectivity index (χ0) is 48.3. The van der Waals surface area contributed by atoms with Crippen LogP contribution in [0.4, 0.5) is 0 Å². The SMILES string of the molecule is Cc1ccc(S(=O)(=O)[O-])cc1.Cc1ccc(S(=O)(=O)[O-])cc1.O=C(OCc1ccccc1)C(CS)NCl.[NH3+]C(CSSCC([NH3+])C(=O)OCc1ccccc1)C(=O)OCc1ccccc1. The summed E-state index contributed by atoms with van der Waals surface area (Å²) >= 11 is 9.31. The molecule has 3 unspecified atom stereocenters. The summed E-state index contributed by atoms with van der Waals surface area (Å²) in [6.45, 7) is 4.39. The summed E-state index contributed by atoms with van der Waals surface area (Å²) in [5, 5.41) is 0. The first-order chi connectivity index (χ1) is 30.8. The van der Waals surface area contributed by atoms with E-state index in [9.17, 15) is 40.3 Å². The van der Waals surface area contributed by atoms with Crippen LogP contribution in [0.2, 0.25) is 0 Å². The van der Waals surface area contributed by atoms with Gasteiger partial charge in [-0.3, -0.25) is 4.79 Å². The minimum absolute atomic E-state index is 0.178. The number of hydrogen-bond acceptors (Lipinski definition) is 16. The van der Waals surface area contributed by atoms with E-state index < -0.39 is 44.3 Å². The highest BCUT2D eigenvalue weighted by atomic mass is 35.5. The van der Waals surface area contributed by atoms with Gasteiger partial charge in [0.1, 0.15) is 46.1 Å². The first-order valence-corrected chi connectivity index (χ1v) is 25.7. The van der Waals surface area contributed by atoms with Crippen molar-refractivity contribution in [2.24, 2.45) is 0 Å². The number of carbonyl (C=O) groups is 3. The Balaban J connectivity index is 0.000000328. The monoisotopic (exact) mass is 1010 g/mol. The molecule has 21 heteroatoms. The number of halogens is 1. The number of thiol groups is 1. The largest absolute Gasteiger partial charge is 0.744 e. The molecule has 0 fully saturated rings. The van der Waals surface area contributed by atoms with Crippen molar-refractivity contribution in [2.45, 2.75) is 61.6 Å². The number of carbonyl (C=O) groups excluding carboxylic acids is 3. The average Bonchev–Trinajstić information content (AvgIpc) is 3.29. The van der Waals surface area contributed by atoms with Gasteiger partial charge in [-0.15, -0.1) is 0 Å². The van der Waals surface area contributed by atoms with Crippen LogP contribution < -0.4 is 16.3 Å². The number of rotatable bonds is 18. The van der Waals surface area contributed by atoms with Gasteiger partial charge < -0.3 is 34.8 Å². The summed E-state index contributed by atoms with van der Waals surface area (Å²) in [5.74, 6) is 0.255. The molecule has 0 saturated heterocycles. The topological polar surface area (TPSA) is 261 Å². The zero-order valence-electron chi connectivity index (χ0n) is 35.5. The molecule has 352 valence electrons. The molecule has 5 aromatic rings. The third-order valence-corrected chi connectivity index (χ3v) is 13.1. The fourth-order valence-corrected chi connectivity index (χ4v) is 8.29. The molecule has 7 N–H and O–H groups in total. The maximum atomic E-state index is 12.0. The van der Waals surface area contributed by atoms with E-state index in [0.717, 1.165) is 27.8 Å². The van der Waals surface area contributed by atoms with Gasteiger partial charge in [-0.1, -0.05) is 148 Å². The molecular formula is C44H52ClN3O12S5. The molecule has 0 aliphatic carbocycles. The zero-order valence-corrected chi connectivity index (χ0v) is 40.4. The van der Waals surface area contributed by atoms with Crippen LogP contribution in [0.5, 0.6) is 0 Å². The molecule has 0 bridgehead atoms. The van der Waals surface area contributed by atoms with E-state index in [-0.39, 0.29) is 41.6 Å². The molecule has 0 heterocycles. The van der Waals surface area contributed by atoms with Gasteiger partial charge in [0.25, 0.3) is 0 Å². The van der Waals surface area contributed by atoms with Crippen LogP contribution in [0.15, 0.2) is 149 Å². The Morgan fingerprint density at radius 3 is 1.12 bits per heavy atom. The summed E-state index contributed by atoms with van der Waals surface area (Å²) in [6.07, 6.45) is 0. The maximum absolute atomic E-state index is 12.0. The van der Waals surface area contributed by atoms with Gasteiger partial charge in [0.2, 0.25) is 0 Å². The average molecular weight is 1010 g/mol. The highest BCUT2D eigenvalue weighted by molar-refractivity contribution is 8.76. The number of nitrogens with one attached hydrogen (secondary N) is 1. The van der Waals surface area contributed by atoms with Crippen molar-refractivity contribution >= 4 is 84.1 Å². The van der Waals surface area contributed by atoms with Crippen molar-refractivity contribution in [1.82, 2.24) is 4.84 Å². The Labute approximate surface area is 398 Å². The fraction of sp³-hybridized carbons (Fsp3) is 0.250. The summed E-state index contributed by atoms with van der Waals surface area (Å²) in [6, 6.07) is 38.6. The standard InChI is InChI=1S/C20H24N2O4S2.C10H12ClNO2S.2C7H8O3S/c21-17(19(23)25-11-15-7-3-1-4-8-15)13-27-28-14-18(22)20(24)26-12-16-9-5-2-6-10-16;11-12-9(7-15)10(13)14-6-8-4-2-1-3-5-8;2*1-6-2-4-7(5-3-6)11(8,9)10/h1-10,17-18H,11-14,21-22H2;1-5,9,12,15H,6-7H2;2*2-5H,1H3,(H,8,9,10). The molecular weight excluding hydrogens is 958 g/mol.